The molecule has 0 aliphatic carbocycles. The average Bonchev–Trinajstić information content (AvgIpc) is 2.48. The maximum absolute atomic E-state index is 11.5. The van der Waals surface area contributed by atoms with E-state index in [0.29, 0.717) is 0 Å². The largest absolute Gasteiger partial charge is 0.463 e. The smallest absolute Gasteiger partial charge is 0.303 e. The van der Waals surface area contributed by atoms with Crippen LogP contribution in [0.3, 0.4) is 0 Å². The second kappa shape index (κ2) is 9.33. The first-order valence-corrected chi connectivity index (χ1v) is 7.58. The highest BCUT2D eigenvalue weighted by Crippen LogP contribution is 2.27. The van der Waals surface area contributed by atoms with Crippen LogP contribution >= 0.6 is 0 Å². The summed E-state index contributed by atoms with van der Waals surface area (Å²) in [7, 11) is 1.33. The quantitative estimate of drug-likeness (QED) is 0.482. The van der Waals surface area contributed by atoms with Gasteiger partial charge in [0.2, 0.25) is 5.91 Å². The van der Waals surface area contributed by atoms with E-state index in [2.05, 4.69) is 5.32 Å². The zero-order chi connectivity index (χ0) is 19.1. The Balaban J connectivity index is 3.18. The molecule has 1 N–H and O–H groups in total. The van der Waals surface area contributed by atoms with Crippen LogP contribution in [0.15, 0.2) is 0 Å². The number of carbonyl (C=O) groups excluding carboxylic acids is 4. The van der Waals surface area contributed by atoms with Crippen molar-refractivity contribution in [3.05, 3.63) is 0 Å². The summed E-state index contributed by atoms with van der Waals surface area (Å²) in [5, 5.41) is 2.56. The monoisotopic (exact) mass is 361 g/mol. The summed E-state index contributed by atoms with van der Waals surface area (Å²) in [6, 6.07) is -0.927. The van der Waals surface area contributed by atoms with Crippen molar-refractivity contribution < 1.29 is 42.9 Å². The van der Waals surface area contributed by atoms with Crippen molar-refractivity contribution in [2.24, 2.45) is 0 Å². The zero-order valence-electron chi connectivity index (χ0n) is 14.8. The summed E-state index contributed by atoms with van der Waals surface area (Å²) in [5.41, 5.74) is 0. The van der Waals surface area contributed by atoms with Crippen molar-refractivity contribution in [2.75, 3.05) is 13.7 Å². The first-order chi connectivity index (χ1) is 11.6. The van der Waals surface area contributed by atoms with Gasteiger partial charge in [0.1, 0.15) is 18.8 Å². The molecule has 0 aromatic heterocycles. The standard InChI is InChI=1S/C15H23NO9/c1-7(17)16-12-14(24-10(4)20)13(23-9(3)19)11(6-22-8(2)18)25-15(12)21-5/h11-15H,6H2,1-5H3,(H,16,17)/t11-,12+,13+,14-,15-/m1/s1. The third-order valence-electron chi connectivity index (χ3n) is 3.30. The lowest BCUT2D eigenvalue weighted by atomic mass is 9.96. The predicted molar refractivity (Wildman–Crippen MR) is 81.0 cm³/mol. The fourth-order valence-corrected chi connectivity index (χ4v) is 2.49. The Morgan fingerprint density at radius 3 is 1.92 bits per heavy atom. The highest BCUT2D eigenvalue weighted by Gasteiger charge is 2.50. The molecule has 1 rings (SSSR count). The molecule has 1 aliphatic heterocycles. The van der Waals surface area contributed by atoms with Crippen LogP contribution < -0.4 is 5.32 Å². The molecule has 142 valence electrons. The zero-order valence-corrected chi connectivity index (χ0v) is 14.8. The molecule has 10 heteroatoms. The normalized spacial score (nSPS) is 28.6. The molecule has 0 aromatic carbocycles. The summed E-state index contributed by atoms with van der Waals surface area (Å²) in [4.78, 5) is 45.5. The molecular formula is C15H23NO9. The molecule has 0 spiro atoms. The Morgan fingerprint density at radius 1 is 0.920 bits per heavy atom. The SMILES string of the molecule is CO[C@@H]1O[C@H](COC(C)=O)[C@H](OC(C)=O)[C@H](OC(C)=O)[C@@H]1NC(C)=O. The van der Waals surface area contributed by atoms with E-state index in [1.54, 1.807) is 0 Å². The third kappa shape index (κ3) is 6.31. The summed E-state index contributed by atoms with van der Waals surface area (Å²) in [5.74, 6) is -2.29. The van der Waals surface area contributed by atoms with Gasteiger partial charge in [-0.05, 0) is 0 Å². The van der Waals surface area contributed by atoms with Crippen LogP contribution in [0.1, 0.15) is 27.7 Å². The molecule has 1 fully saturated rings. The Kier molecular flexibility index (Phi) is 7.78. The fourth-order valence-electron chi connectivity index (χ4n) is 2.49. The third-order valence-corrected chi connectivity index (χ3v) is 3.30. The summed E-state index contributed by atoms with van der Waals surface area (Å²) < 4.78 is 26.2. The minimum Gasteiger partial charge on any atom is -0.463 e. The molecule has 0 unspecified atom stereocenters. The lowest BCUT2D eigenvalue weighted by Crippen LogP contribution is -2.66. The van der Waals surface area contributed by atoms with Gasteiger partial charge in [-0.1, -0.05) is 0 Å². The van der Waals surface area contributed by atoms with Crippen LogP contribution in [-0.2, 0) is 42.9 Å². The molecule has 25 heavy (non-hydrogen) atoms. The van der Waals surface area contributed by atoms with E-state index in [1.807, 2.05) is 0 Å². The van der Waals surface area contributed by atoms with Gasteiger partial charge < -0.3 is 29.0 Å². The van der Waals surface area contributed by atoms with E-state index in [9.17, 15) is 19.2 Å². The Morgan fingerprint density at radius 2 is 1.48 bits per heavy atom. The predicted octanol–water partition coefficient (Wildman–Crippen LogP) is -0.711. The first kappa shape index (κ1) is 20.8. The second-order valence-corrected chi connectivity index (χ2v) is 5.46. The molecule has 1 saturated heterocycles. The van der Waals surface area contributed by atoms with E-state index in [1.165, 1.54) is 34.8 Å². The number of rotatable bonds is 6. The molecule has 5 atom stereocenters. The van der Waals surface area contributed by atoms with E-state index < -0.39 is 54.5 Å². The minimum absolute atomic E-state index is 0.252. The van der Waals surface area contributed by atoms with Gasteiger partial charge in [-0.2, -0.15) is 0 Å². The van der Waals surface area contributed by atoms with E-state index in [4.69, 9.17) is 23.7 Å². The average molecular weight is 361 g/mol. The fraction of sp³-hybridized carbons (Fsp3) is 0.733. The lowest BCUT2D eigenvalue weighted by Gasteiger charge is -2.44. The van der Waals surface area contributed by atoms with Crippen LogP contribution in [0.25, 0.3) is 0 Å². The summed E-state index contributed by atoms with van der Waals surface area (Å²) >= 11 is 0. The molecule has 1 heterocycles. The van der Waals surface area contributed by atoms with Crippen molar-refractivity contribution >= 4 is 23.8 Å². The number of esters is 3. The highest BCUT2D eigenvalue weighted by atomic mass is 16.7. The molecule has 0 saturated carbocycles. The molecule has 0 radical (unpaired) electrons. The van der Waals surface area contributed by atoms with Gasteiger partial charge in [-0.25, -0.2) is 0 Å². The Labute approximate surface area is 145 Å². The van der Waals surface area contributed by atoms with Crippen LogP contribution in [0.4, 0.5) is 0 Å². The molecule has 0 bridgehead atoms. The van der Waals surface area contributed by atoms with Crippen LogP contribution in [0.5, 0.6) is 0 Å². The van der Waals surface area contributed by atoms with E-state index in [-0.39, 0.29) is 6.61 Å². The van der Waals surface area contributed by atoms with Crippen molar-refractivity contribution in [3.63, 3.8) is 0 Å². The van der Waals surface area contributed by atoms with Gasteiger partial charge in [0.15, 0.2) is 18.5 Å². The van der Waals surface area contributed by atoms with Gasteiger partial charge in [0, 0.05) is 34.8 Å². The van der Waals surface area contributed by atoms with Crippen molar-refractivity contribution in [2.45, 2.75) is 58.3 Å². The number of ether oxygens (including phenoxy) is 5. The Hall–Kier alpha value is -2.20. The maximum atomic E-state index is 11.5. The van der Waals surface area contributed by atoms with Gasteiger partial charge in [-0.15, -0.1) is 0 Å². The van der Waals surface area contributed by atoms with Crippen molar-refractivity contribution in [3.8, 4) is 0 Å². The van der Waals surface area contributed by atoms with E-state index >= 15 is 0 Å². The summed E-state index contributed by atoms with van der Waals surface area (Å²) in [6.45, 7) is 4.57. The second-order valence-electron chi connectivity index (χ2n) is 5.46. The van der Waals surface area contributed by atoms with Gasteiger partial charge in [-0.3, -0.25) is 19.2 Å². The minimum atomic E-state index is -1.11. The number of hydrogen-bond acceptors (Lipinski definition) is 9. The number of nitrogens with one attached hydrogen (secondary N) is 1. The molecule has 1 amide bonds. The van der Waals surface area contributed by atoms with Crippen molar-refractivity contribution in [1.82, 2.24) is 5.32 Å². The van der Waals surface area contributed by atoms with Crippen molar-refractivity contribution in [1.29, 1.82) is 0 Å². The highest BCUT2D eigenvalue weighted by molar-refractivity contribution is 5.73. The van der Waals surface area contributed by atoms with Crippen LogP contribution in [-0.4, -0.2) is 68.2 Å². The maximum Gasteiger partial charge on any atom is 0.303 e. The van der Waals surface area contributed by atoms with Crippen LogP contribution in [0.2, 0.25) is 0 Å². The van der Waals surface area contributed by atoms with Gasteiger partial charge in [0.25, 0.3) is 0 Å². The van der Waals surface area contributed by atoms with E-state index in [0.717, 1.165) is 0 Å². The molecule has 0 aromatic rings. The van der Waals surface area contributed by atoms with Gasteiger partial charge in [0.05, 0.1) is 0 Å². The number of carbonyl (C=O) groups is 4. The number of methoxy groups -OCH3 is 1. The van der Waals surface area contributed by atoms with Crippen LogP contribution in [0, 0.1) is 0 Å². The number of amides is 1. The first-order valence-electron chi connectivity index (χ1n) is 7.58. The Bertz CT molecular complexity index is 521. The molecule has 10 nitrogen and oxygen atoms in total. The number of hydrogen-bond donors (Lipinski definition) is 1. The van der Waals surface area contributed by atoms with Gasteiger partial charge >= 0.3 is 17.9 Å². The summed E-state index contributed by atoms with van der Waals surface area (Å²) in [6.07, 6.45) is -4.17. The molecular weight excluding hydrogens is 338 g/mol. The molecule has 1 aliphatic rings. The lowest BCUT2D eigenvalue weighted by molar-refractivity contribution is -0.271. The topological polar surface area (TPSA) is 126 Å².